The molecule has 0 aliphatic carbocycles. The molecule has 0 bridgehead atoms. The van der Waals surface area contributed by atoms with E-state index >= 15 is 0 Å². The number of rotatable bonds is 3. The van der Waals surface area contributed by atoms with Crippen LogP contribution in [0, 0.1) is 6.92 Å². The molecule has 1 N–H and O–H groups in total. The van der Waals surface area contributed by atoms with E-state index in [4.69, 9.17) is 4.98 Å². The van der Waals surface area contributed by atoms with Crippen LogP contribution in [0.3, 0.4) is 0 Å². The first-order chi connectivity index (χ1) is 12.0. The Kier molecular flexibility index (Phi) is 3.39. The van der Waals surface area contributed by atoms with Crippen LogP contribution < -0.4 is 0 Å². The average molecular weight is 333 g/mol. The second-order valence-electron chi connectivity index (χ2n) is 6.29. The standard InChI is InChI=1S/C20H19N3O2/c1-4-23-16-8-6-5-7-13(16)11-17(23)19-21-15-10-14(20(24)25)9-12(2)18(15)22(19)3/h5-11H,4H2,1-3H3,(H,24,25). The van der Waals surface area contributed by atoms with E-state index in [0.29, 0.717) is 5.52 Å². The minimum absolute atomic E-state index is 0.269. The van der Waals surface area contributed by atoms with Gasteiger partial charge in [-0.15, -0.1) is 0 Å². The van der Waals surface area contributed by atoms with Crippen LogP contribution in [0.2, 0.25) is 0 Å². The summed E-state index contributed by atoms with van der Waals surface area (Å²) in [6.45, 7) is 4.88. The van der Waals surface area contributed by atoms with Crippen molar-refractivity contribution in [3.05, 3.63) is 53.6 Å². The molecule has 0 atom stereocenters. The fraction of sp³-hybridized carbons (Fsp3) is 0.200. The van der Waals surface area contributed by atoms with Crippen LogP contribution in [-0.2, 0) is 13.6 Å². The molecule has 0 saturated carbocycles. The quantitative estimate of drug-likeness (QED) is 0.610. The third kappa shape index (κ3) is 2.23. The van der Waals surface area contributed by atoms with E-state index in [-0.39, 0.29) is 5.56 Å². The van der Waals surface area contributed by atoms with Crippen molar-refractivity contribution in [1.82, 2.24) is 14.1 Å². The van der Waals surface area contributed by atoms with Crippen molar-refractivity contribution >= 4 is 27.9 Å². The third-order valence-electron chi connectivity index (χ3n) is 4.76. The van der Waals surface area contributed by atoms with Gasteiger partial charge in [-0.1, -0.05) is 18.2 Å². The number of aromatic nitrogens is 3. The molecular formula is C20H19N3O2. The average Bonchev–Trinajstić information content (AvgIpc) is 3.12. The smallest absolute Gasteiger partial charge is 0.335 e. The Labute approximate surface area is 145 Å². The molecule has 4 aromatic rings. The highest BCUT2D eigenvalue weighted by atomic mass is 16.4. The molecule has 0 fully saturated rings. The number of benzene rings is 2. The summed E-state index contributed by atoms with van der Waals surface area (Å²) in [5.41, 5.74) is 5.07. The van der Waals surface area contributed by atoms with Crippen LogP contribution in [-0.4, -0.2) is 25.2 Å². The Hall–Kier alpha value is -3.08. The minimum Gasteiger partial charge on any atom is -0.478 e. The van der Waals surface area contributed by atoms with Gasteiger partial charge in [0, 0.05) is 24.5 Å². The van der Waals surface area contributed by atoms with Crippen molar-refractivity contribution < 1.29 is 9.90 Å². The van der Waals surface area contributed by atoms with Crippen LogP contribution >= 0.6 is 0 Å². The summed E-state index contributed by atoms with van der Waals surface area (Å²) in [5.74, 6) is -0.0847. The molecule has 0 unspecified atom stereocenters. The van der Waals surface area contributed by atoms with Gasteiger partial charge in [0.15, 0.2) is 5.82 Å². The van der Waals surface area contributed by atoms with Gasteiger partial charge in [-0.05, 0) is 43.7 Å². The van der Waals surface area contributed by atoms with Crippen molar-refractivity contribution in [3.63, 3.8) is 0 Å². The first-order valence-electron chi connectivity index (χ1n) is 8.30. The summed E-state index contributed by atoms with van der Waals surface area (Å²) in [7, 11) is 1.98. The number of hydrogen-bond donors (Lipinski definition) is 1. The number of fused-ring (bicyclic) bond motifs is 2. The van der Waals surface area contributed by atoms with Gasteiger partial charge < -0.3 is 14.2 Å². The zero-order valence-corrected chi connectivity index (χ0v) is 14.4. The van der Waals surface area contributed by atoms with Crippen molar-refractivity contribution in [1.29, 1.82) is 0 Å². The molecule has 0 spiro atoms. The van der Waals surface area contributed by atoms with Crippen molar-refractivity contribution in [2.45, 2.75) is 20.4 Å². The van der Waals surface area contributed by atoms with Gasteiger partial charge in [0.2, 0.25) is 0 Å². The maximum atomic E-state index is 11.3. The second kappa shape index (κ2) is 5.48. The molecule has 0 saturated heterocycles. The highest BCUT2D eigenvalue weighted by molar-refractivity contribution is 5.95. The zero-order chi connectivity index (χ0) is 17.7. The van der Waals surface area contributed by atoms with Gasteiger partial charge in [0.25, 0.3) is 0 Å². The molecule has 25 heavy (non-hydrogen) atoms. The molecule has 4 rings (SSSR count). The van der Waals surface area contributed by atoms with Crippen LogP contribution in [0.4, 0.5) is 0 Å². The molecule has 2 aromatic carbocycles. The largest absolute Gasteiger partial charge is 0.478 e. The lowest BCUT2D eigenvalue weighted by Gasteiger charge is -2.08. The van der Waals surface area contributed by atoms with Crippen LogP contribution in [0.25, 0.3) is 33.5 Å². The lowest BCUT2D eigenvalue weighted by molar-refractivity contribution is 0.0697. The first kappa shape index (κ1) is 15.4. The van der Waals surface area contributed by atoms with Gasteiger partial charge in [0.05, 0.1) is 22.3 Å². The Morgan fingerprint density at radius 2 is 1.96 bits per heavy atom. The van der Waals surface area contributed by atoms with Gasteiger partial charge >= 0.3 is 5.97 Å². The van der Waals surface area contributed by atoms with Crippen molar-refractivity contribution in [2.75, 3.05) is 0 Å². The van der Waals surface area contributed by atoms with E-state index in [1.165, 1.54) is 10.9 Å². The number of carboxylic acid groups (broad SMARTS) is 1. The van der Waals surface area contributed by atoms with Gasteiger partial charge in [-0.3, -0.25) is 0 Å². The lowest BCUT2D eigenvalue weighted by atomic mass is 10.1. The summed E-state index contributed by atoms with van der Waals surface area (Å²) in [6.07, 6.45) is 0. The van der Waals surface area contributed by atoms with Crippen molar-refractivity contribution in [3.8, 4) is 11.5 Å². The Morgan fingerprint density at radius 1 is 1.20 bits per heavy atom. The molecule has 2 heterocycles. The van der Waals surface area contributed by atoms with E-state index in [2.05, 4.69) is 34.3 Å². The van der Waals surface area contributed by atoms with E-state index in [9.17, 15) is 9.90 Å². The van der Waals surface area contributed by atoms with E-state index in [1.54, 1.807) is 12.1 Å². The van der Waals surface area contributed by atoms with E-state index in [1.807, 2.05) is 26.1 Å². The summed E-state index contributed by atoms with van der Waals surface area (Å²) in [6, 6.07) is 13.8. The molecule has 0 amide bonds. The Morgan fingerprint density at radius 3 is 2.68 bits per heavy atom. The number of nitrogens with zero attached hydrogens (tertiary/aromatic N) is 3. The minimum atomic E-state index is -0.931. The van der Waals surface area contributed by atoms with Crippen LogP contribution in [0.5, 0.6) is 0 Å². The highest BCUT2D eigenvalue weighted by Crippen LogP contribution is 2.31. The SMILES string of the molecule is CCn1c(-c2nc3cc(C(=O)O)cc(C)c3n2C)cc2ccccc21. The molecule has 2 aromatic heterocycles. The third-order valence-corrected chi connectivity index (χ3v) is 4.76. The lowest BCUT2D eigenvalue weighted by Crippen LogP contribution is -2.01. The molecular weight excluding hydrogens is 314 g/mol. The van der Waals surface area contributed by atoms with E-state index in [0.717, 1.165) is 29.1 Å². The molecule has 0 radical (unpaired) electrons. The Bertz CT molecular complexity index is 1130. The number of aryl methyl sites for hydroxylation is 3. The maximum absolute atomic E-state index is 11.3. The number of aromatic carboxylic acids is 1. The fourth-order valence-electron chi connectivity index (χ4n) is 3.67. The second-order valence-corrected chi connectivity index (χ2v) is 6.29. The molecule has 5 heteroatoms. The van der Waals surface area contributed by atoms with Crippen molar-refractivity contribution in [2.24, 2.45) is 7.05 Å². The number of carbonyl (C=O) groups is 1. The van der Waals surface area contributed by atoms with Gasteiger partial charge in [-0.2, -0.15) is 0 Å². The number of para-hydroxylation sites is 1. The number of imidazole rings is 1. The predicted octanol–water partition coefficient (Wildman–Crippen LogP) is 4.22. The topological polar surface area (TPSA) is 60.1 Å². The normalized spacial score (nSPS) is 11.5. The Balaban J connectivity index is 2.03. The molecule has 0 aliphatic rings. The maximum Gasteiger partial charge on any atom is 0.335 e. The fourth-order valence-corrected chi connectivity index (χ4v) is 3.67. The van der Waals surface area contributed by atoms with Gasteiger partial charge in [0.1, 0.15) is 0 Å². The monoisotopic (exact) mass is 333 g/mol. The molecule has 0 aliphatic heterocycles. The summed E-state index contributed by atoms with van der Waals surface area (Å²) >= 11 is 0. The molecule has 5 nitrogen and oxygen atoms in total. The van der Waals surface area contributed by atoms with Crippen LogP contribution in [0.1, 0.15) is 22.8 Å². The number of hydrogen-bond acceptors (Lipinski definition) is 2. The summed E-state index contributed by atoms with van der Waals surface area (Å²) in [5, 5.41) is 10.5. The predicted molar refractivity (Wildman–Crippen MR) is 99.0 cm³/mol. The van der Waals surface area contributed by atoms with E-state index < -0.39 is 5.97 Å². The summed E-state index contributed by atoms with van der Waals surface area (Å²) < 4.78 is 4.29. The summed E-state index contributed by atoms with van der Waals surface area (Å²) in [4.78, 5) is 16.1. The first-order valence-corrected chi connectivity index (χ1v) is 8.30. The van der Waals surface area contributed by atoms with Gasteiger partial charge in [-0.25, -0.2) is 9.78 Å². The zero-order valence-electron chi connectivity index (χ0n) is 14.4. The van der Waals surface area contributed by atoms with Crippen LogP contribution in [0.15, 0.2) is 42.5 Å². The number of carboxylic acids is 1. The highest BCUT2D eigenvalue weighted by Gasteiger charge is 2.18. The molecule has 126 valence electrons.